The van der Waals surface area contributed by atoms with Gasteiger partial charge < -0.3 is 10.6 Å². The molecule has 2 N–H and O–H groups in total. The summed E-state index contributed by atoms with van der Waals surface area (Å²) in [5.74, 6) is 0. The largest absolute Gasteiger partial charge is 0.324 e. The maximum absolute atomic E-state index is 6.27. The smallest absolute Gasteiger partial charge is 0.0283 e. The Kier molecular flexibility index (Phi) is 3.13. The average Bonchev–Trinajstić information content (AvgIpc) is 2.17. The van der Waals surface area contributed by atoms with Gasteiger partial charge in [0.25, 0.3) is 0 Å². The molecule has 0 saturated heterocycles. The van der Waals surface area contributed by atoms with E-state index in [9.17, 15) is 0 Å². The van der Waals surface area contributed by atoms with Crippen LogP contribution in [-0.4, -0.2) is 30.1 Å². The summed E-state index contributed by atoms with van der Waals surface area (Å²) in [6.45, 7) is 1.12. The highest BCUT2D eigenvalue weighted by atomic mass is 15.2. The Morgan fingerprint density at radius 3 is 2.29 bits per heavy atom. The normalized spacial score (nSPS) is 27.6. The van der Waals surface area contributed by atoms with Crippen LogP contribution in [0.4, 0.5) is 0 Å². The van der Waals surface area contributed by atoms with Crippen LogP contribution in [0.5, 0.6) is 0 Å². The van der Waals surface area contributed by atoms with Gasteiger partial charge in [0.1, 0.15) is 0 Å². The molecule has 2 aliphatic rings. The van der Waals surface area contributed by atoms with Crippen molar-refractivity contribution in [2.24, 2.45) is 5.73 Å². The van der Waals surface area contributed by atoms with E-state index in [1.807, 2.05) is 0 Å². The summed E-state index contributed by atoms with van der Waals surface area (Å²) in [7, 11) is 2.27. The highest BCUT2D eigenvalue weighted by Gasteiger charge is 2.34. The van der Waals surface area contributed by atoms with Gasteiger partial charge >= 0.3 is 0 Å². The second kappa shape index (κ2) is 4.19. The molecule has 0 unspecified atom stereocenters. The molecule has 0 amide bonds. The van der Waals surface area contributed by atoms with Crippen LogP contribution in [0.25, 0.3) is 0 Å². The number of nitrogens with two attached hydrogens (primary N) is 1. The van der Waals surface area contributed by atoms with Gasteiger partial charge in [-0.15, -0.1) is 0 Å². The van der Waals surface area contributed by atoms with Crippen LogP contribution in [0.15, 0.2) is 0 Å². The maximum atomic E-state index is 6.27. The van der Waals surface area contributed by atoms with Gasteiger partial charge in [0, 0.05) is 18.1 Å². The van der Waals surface area contributed by atoms with E-state index >= 15 is 0 Å². The first-order chi connectivity index (χ1) is 6.70. The van der Waals surface area contributed by atoms with Crippen LogP contribution in [0.1, 0.15) is 51.4 Å². The van der Waals surface area contributed by atoms with Gasteiger partial charge in [-0.1, -0.05) is 19.3 Å². The number of hydrogen-bond donors (Lipinski definition) is 1. The molecule has 0 heterocycles. The van der Waals surface area contributed by atoms with Crippen molar-refractivity contribution < 1.29 is 0 Å². The maximum Gasteiger partial charge on any atom is 0.0283 e. The van der Waals surface area contributed by atoms with Gasteiger partial charge in [0.05, 0.1) is 0 Å². The minimum Gasteiger partial charge on any atom is -0.324 e. The fourth-order valence-electron chi connectivity index (χ4n) is 2.94. The molecule has 0 bridgehead atoms. The zero-order valence-electron chi connectivity index (χ0n) is 9.47. The number of nitrogens with zero attached hydrogens (tertiary/aromatic N) is 1. The topological polar surface area (TPSA) is 29.3 Å². The Balaban J connectivity index is 1.78. The van der Waals surface area contributed by atoms with Gasteiger partial charge in [-0.3, -0.25) is 0 Å². The first-order valence-corrected chi connectivity index (χ1v) is 6.19. The van der Waals surface area contributed by atoms with E-state index in [2.05, 4.69) is 11.9 Å². The van der Waals surface area contributed by atoms with Crippen molar-refractivity contribution >= 4 is 0 Å². The lowest BCUT2D eigenvalue weighted by molar-refractivity contribution is 0.113. The van der Waals surface area contributed by atoms with Crippen molar-refractivity contribution in [3.05, 3.63) is 0 Å². The third kappa shape index (κ3) is 2.29. The Labute approximate surface area is 87.8 Å². The molecule has 82 valence electrons. The third-order valence-corrected chi connectivity index (χ3v) is 4.11. The molecule has 2 nitrogen and oxygen atoms in total. The SMILES string of the molecule is CN(CC1(N)CCC1)C1CCCCC1. The number of rotatable bonds is 3. The van der Waals surface area contributed by atoms with Crippen molar-refractivity contribution in [3.8, 4) is 0 Å². The van der Waals surface area contributed by atoms with E-state index in [0.717, 1.165) is 12.6 Å². The lowest BCUT2D eigenvalue weighted by Crippen LogP contribution is -2.56. The van der Waals surface area contributed by atoms with Crippen LogP contribution in [0.2, 0.25) is 0 Å². The Bertz CT molecular complexity index is 181. The standard InChI is InChI=1S/C12H24N2/c1-14(10-12(13)8-5-9-12)11-6-3-2-4-7-11/h11H,2-10,13H2,1H3. The molecule has 0 aliphatic heterocycles. The predicted molar refractivity (Wildman–Crippen MR) is 60.3 cm³/mol. The summed E-state index contributed by atoms with van der Waals surface area (Å²) in [6.07, 6.45) is 10.9. The molecule has 2 saturated carbocycles. The van der Waals surface area contributed by atoms with Gasteiger partial charge in [-0.2, -0.15) is 0 Å². The minimum atomic E-state index is 0.173. The van der Waals surface area contributed by atoms with E-state index < -0.39 is 0 Å². The quantitative estimate of drug-likeness (QED) is 0.749. The summed E-state index contributed by atoms with van der Waals surface area (Å²) in [5, 5.41) is 0. The van der Waals surface area contributed by atoms with Crippen molar-refractivity contribution in [2.45, 2.75) is 62.9 Å². The van der Waals surface area contributed by atoms with Crippen LogP contribution in [-0.2, 0) is 0 Å². The second-order valence-electron chi connectivity index (χ2n) is 5.42. The summed E-state index contributed by atoms with van der Waals surface area (Å²) in [6, 6.07) is 0.824. The zero-order valence-corrected chi connectivity index (χ0v) is 9.47. The Hall–Kier alpha value is -0.0800. The molecule has 0 spiro atoms. The molecule has 2 rings (SSSR count). The van der Waals surface area contributed by atoms with Gasteiger partial charge in [0.15, 0.2) is 0 Å². The second-order valence-corrected chi connectivity index (χ2v) is 5.42. The Morgan fingerprint density at radius 2 is 1.79 bits per heavy atom. The molecule has 0 atom stereocenters. The van der Waals surface area contributed by atoms with Crippen molar-refractivity contribution in [2.75, 3.05) is 13.6 Å². The highest BCUT2D eigenvalue weighted by molar-refractivity contribution is 4.95. The van der Waals surface area contributed by atoms with E-state index in [1.165, 1.54) is 51.4 Å². The van der Waals surface area contributed by atoms with Gasteiger partial charge in [-0.05, 0) is 39.2 Å². The van der Waals surface area contributed by atoms with Crippen molar-refractivity contribution in [1.29, 1.82) is 0 Å². The monoisotopic (exact) mass is 196 g/mol. The van der Waals surface area contributed by atoms with Gasteiger partial charge in [0.2, 0.25) is 0 Å². The molecule has 0 aromatic rings. The van der Waals surface area contributed by atoms with Gasteiger partial charge in [-0.25, -0.2) is 0 Å². The summed E-state index contributed by atoms with van der Waals surface area (Å²) >= 11 is 0. The van der Waals surface area contributed by atoms with Crippen LogP contribution in [0, 0.1) is 0 Å². The number of hydrogen-bond acceptors (Lipinski definition) is 2. The Morgan fingerprint density at radius 1 is 1.14 bits per heavy atom. The lowest BCUT2D eigenvalue weighted by atomic mass is 9.77. The van der Waals surface area contributed by atoms with E-state index in [4.69, 9.17) is 5.73 Å². The fourth-order valence-corrected chi connectivity index (χ4v) is 2.94. The predicted octanol–water partition coefficient (Wildman–Crippen LogP) is 2.13. The third-order valence-electron chi connectivity index (χ3n) is 4.11. The lowest BCUT2D eigenvalue weighted by Gasteiger charge is -2.43. The molecule has 0 aromatic carbocycles. The fraction of sp³-hybridized carbons (Fsp3) is 1.00. The first-order valence-electron chi connectivity index (χ1n) is 6.19. The molecule has 14 heavy (non-hydrogen) atoms. The first kappa shape index (κ1) is 10.4. The highest BCUT2D eigenvalue weighted by Crippen LogP contribution is 2.31. The summed E-state index contributed by atoms with van der Waals surface area (Å²) in [5.41, 5.74) is 6.44. The van der Waals surface area contributed by atoms with Crippen LogP contribution in [0.3, 0.4) is 0 Å². The van der Waals surface area contributed by atoms with Crippen LogP contribution < -0.4 is 5.73 Å². The van der Waals surface area contributed by atoms with E-state index in [1.54, 1.807) is 0 Å². The molecule has 0 aromatic heterocycles. The summed E-state index contributed by atoms with van der Waals surface area (Å²) < 4.78 is 0. The number of likely N-dealkylation sites (N-methyl/N-ethyl adjacent to an activating group) is 1. The average molecular weight is 196 g/mol. The van der Waals surface area contributed by atoms with E-state index in [-0.39, 0.29) is 5.54 Å². The van der Waals surface area contributed by atoms with Crippen LogP contribution >= 0.6 is 0 Å². The minimum absolute atomic E-state index is 0.173. The molecular weight excluding hydrogens is 172 g/mol. The molecular formula is C12H24N2. The molecule has 2 heteroatoms. The molecule has 2 fully saturated rings. The summed E-state index contributed by atoms with van der Waals surface area (Å²) in [4.78, 5) is 2.53. The van der Waals surface area contributed by atoms with E-state index in [0.29, 0.717) is 0 Å². The van der Waals surface area contributed by atoms with Crippen molar-refractivity contribution in [1.82, 2.24) is 4.90 Å². The zero-order chi connectivity index (χ0) is 10.0. The van der Waals surface area contributed by atoms with Crippen molar-refractivity contribution in [3.63, 3.8) is 0 Å². The molecule has 0 radical (unpaired) electrons. The molecule has 2 aliphatic carbocycles.